The van der Waals surface area contributed by atoms with Gasteiger partial charge in [-0.15, -0.1) is 0 Å². The molecule has 0 N–H and O–H groups in total. The highest BCUT2D eigenvalue weighted by Crippen LogP contribution is 2.22. The first kappa shape index (κ1) is 16.6. The first-order valence-corrected chi connectivity index (χ1v) is 8.68. The number of aromatic nitrogens is 3. The molecule has 0 aliphatic carbocycles. The molecule has 0 saturated carbocycles. The number of aryl methyl sites for hydroxylation is 2. The van der Waals surface area contributed by atoms with Crippen LogP contribution in [0.15, 0.2) is 42.6 Å². The number of ether oxygens (including phenoxy) is 1. The highest BCUT2D eigenvalue weighted by molar-refractivity contribution is 5.98. The van der Waals surface area contributed by atoms with E-state index in [-0.39, 0.29) is 12.0 Å². The van der Waals surface area contributed by atoms with E-state index in [0.717, 1.165) is 22.3 Å². The van der Waals surface area contributed by atoms with E-state index in [1.807, 2.05) is 55.1 Å². The number of benzene rings is 1. The number of hydrogen-bond donors (Lipinski definition) is 0. The minimum Gasteiger partial charge on any atom is -0.367 e. The van der Waals surface area contributed by atoms with Gasteiger partial charge in [-0.05, 0) is 44.2 Å². The lowest BCUT2D eigenvalue weighted by atomic mass is 10.1. The average Bonchev–Trinajstić information content (AvgIpc) is 2.66. The highest BCUT2D eigenvalue weighted by Gasteiger charge is 2.28. The molecule has 6 heteroatoms. The van der Waals surface area contributed by atoms with E-state index < -0.39 is 0 Å². The van der Waals surface area contributed by atoms with Crippen molar-refractivity contribution >= 4 is 16.8 Å². The van der Waals surface area contributed by atoms with Gasteiger partial charge in [0.15, 0.2) is 5.82 Å². The molecule has 1 aliphatic heterocycles. The molecule has 0 spiro atoms. The van der Waals surface area contributed by atoms with Crippen LogP contribution < -0.4 is 0 Å². The normalized spacial score (nSPS) is 17.5. The second-order valence-corrected chi connectivity index (χ2v) is 6.53. The molecule has 1 unspecified atom stereocenters. The van der Waals surface area contributed by atoms with Gasteiger partial charge in [0, 0.05) is 35.1 Å². The monoisotopic (exact) mass is 348 g/mol. The number of carbonyl (C=O) groups is 1. The van der Waals surface area contributed by atoms with Crippen LogP contribution in [0, 0.1) is 13.8 Å². The average molecular weight is 348 g/mol. The Hall–Kier alpha value is -2.86. The topological polar surface area (TPSA) is 68.2 Å². The predicted molar refractivity (Wildman–Crippen MR) is 97.8 cm³/mol. The predicted octanol–water partition coefficient (Wildman–Crippen LogP) is 2.86. The van der Waals surface area contributed by atoms with Crippen molar-refractivity contribution in [2.45, 2.75) is 20.0 Å². The second-order valence-electron chi connectivity index (χ2n) is 6.53. The van der Waals surface area contributed by atoms with E-state index in [9.17, 15) is 4.79 Å². The van der Waals surface area contributed by atoms with Crippen molar-refractivity contribution in [2.75, 3.05) is 19.7 Å². The van der Waals surface area contributed by atoms with E-state index in [1.54, 1.807) is 6.20 Å². The van der Waals surface area contributed by atoms with Crippen LogP contribution in [0.25, 0.3) is 10.9 Å². The first-order valence-electron chi connectivity index (χ1n) is 8.68. The second kappa shape index (κ2) is 6.80. The SMILES string of the molecule is Cc1cc(C)nc(C2CN(C(=O)c3ccc4ncccc4c3)CCO2)n1. The zero-order valence-corrected chi connectivity index (χ0v) is 14.8. The first-order chi connectivity index (χ1) is 12.6. The van der Waals surface area contributed by atoms with Gasteiger partial charge in [-0.2, -0.15) is 0 Å². The van der Waals surface area contributed by atoms with Gasteiger partial charge in [-0.1, -0.05) is 6.07 Å². The van der Waals surface area contributed by atoms with E-state index in [2.05, 4.69) is 15.0 Å². The van der Waals surface area contributed by atoms with Crippen LogP contribution in [0.1, 0.15) is 33.7 Å². The smallest absolute Gasteiger partial charge is 0.254 e. The van der Waals surface area contributed by atoms with Gasteiger partial charge in [0.1, 0.15) is 6.10 Å². The molecule has 1 fully saturated rings. The van der Waals surface area contributed by atoms with Crippen molar-refractivity contribution in [1.82, 2.24) is 19.9 Å². The number of morpholine rings is 1. The Bertz CT molecular complexity index is 953. The molecule has 2 aromatic heterocycles. The third-order valence-electron chi connectivity index (χ3n) is 4.49. The van der Waals surface area contributed by atoms with E-state index in [1.165, 1.54) is 0 Å². The number of hydrogen-bond acceptors (Lipinski definition) is 5. The lowest BCUT2D eigenvalue weighted by Crippen LogP contribution is -2.42. The molecule has 26 heavy (non-hydrogen) atoms. The number of nitrogens with zero attached hydrogens (tertiary/aromatic N) is 4. The van der Waals surface area contributed by atoms with Crippen molar-refractivity contribution < 1.29 is 9.53 Å². The molecule has 3 aromatic rings. The Morgan fingerprint density at radius 2 is 1.96 bits per heavy atom. The van der Waals surface area contributed by atoms with Gasteiger partial charge in [0.2, 0.25) is 0 Å². The zero-order chi connectivity index (χ0) is 18.1. The number of carbonyl (C=O) groups excluding carboxylic acids is 1. The number of rotatable bonds is 2. The molecule has 1 aliphatic rings. The van der Waals surface area contributed by atoms with Crippen LogP contribution in [-0.2, 0) is 4.74 Å². The van der Waals surface area contributed by atoms with Crippen LogP contribution in [0.4, 0.5) is 0 Å². The molecule has 6 nitrogen and oxygen atoms in total. The summed E-state index contributed by atoms with van der Waals surface area (Å²) in [5, 5.41) is 0.959. The Labute approximate surface area is 151 Å². The molecule has 1 atom stereocenters. The molecule has 4 rings (SSSR count). The number of fused-ring (bicyclic) bond motifs is 1. The minimum absolute atomic E-state index is 0.00609. The van der Waals surface area contributed by atoms with E-state index in [0.29, 0.717) is 31.1 Å². The zero-order valence-electron chi connectivity index (χ0n) is 14.8. The van der Waals surface area contributed by atoms with E-state index in [4.69, 9.17) is 4.74 Å². The molecule has 1 amide bonds. The maximum Gasteiger partial charge on any atom is 0.254 e. The van der Waals surface area contributed by atoms with Gasteiger partial charge in [0.25, 0.3) is 5.91 Å². The molecule has 1 aromatic carbocycles. The van der Waals surface area contributed by atoms with Crippen molar-refractivity contribution in [3.05, 3.63) is 65.4 Å². The Morgan fingerprint density at radius 1 is 1.15 bits per heavy atom. The lowest BCUT2D eigenvalue weighted by Gasteiger charge is -2.32. The maximum absolute atomic E-state index is 13.0. The summed E-state index contributed by atoms with van der Waals surface area (Å²) in [6.45, 7) is 5.36. The molecular weight excluding hydrogens is 328 g/mol. The third-order valence-corrected chi connectivity index (χ3v) is 4.49. The van der Waals surface area contributed by atoms with Crippen LogP contribution >= 0.6 is 0 Å². The van der Waals surface area contributed by atoms with Crippen LogP contribution in [0.2, 0.25) is 0 Å². The van der Waals surface area contributed by atoms with Crippen molar-refractivity contribution in [3.63, 3.8) is 0 Å². The fourth-order valence-electron chi connectivity index (χ4n) is 3.28. The summed E-state index contributed by atoms with van der Waals surface area (Å²) in [6, 6.07) is 11.4. The highest BCUT2D eigenvalue weighted by atomic mass is 16.5. The van der Waals surface area contributed by atoms with Crippen molar-refractivity contribution in [3.8, 4) is 0 Å². The standard InChI is InChI=1S/C20H20N4O2/c1-13-10-14(2)23-19(22-13)18-12-24(8-9-26-18)20(25)16-5-6-17-15(11-16)4-3-7-21-17/h3-7,10-11,18H,8-9,12H2,1-2H3. The molecular formula is C20H20N4O2. The Balaban J connectivity index is 1.57. The number of pyridine rings is 1. The minimum atomic E-state index is -0.298. The fourth-order valence-corrected chi connectivity index (χ4v) is 3.28. The largest absolute Gasteiger partial charge is 0.367 e. The summed E-state index contributed by atoms with van der Waals surface area (Å²) in [6.07, 6.45) is 1.45. The molecule has 0 bridgehead atoms. The maximum atomic E-state index is 13.0. The third kappa shape index (κ3) is 3.28. The van der Waals surface area contributed by atoms with Crippen LogP contribution in [-0.4, -0.2) is 45.5 Å². The van der Waals surface area contributed by atoms with E-state index >= 15 is 0 Å². The Morgan fingerprint density at radius 3 is 2.77 bits per heavy atom. The quantitative estimate of drug-likeness (QED) is 0.712. The molecule has 3 heterocycles. The van der Waals surface area contributed by atoms with Crippen LogP contribution in [0.5, 0.6) is 0 Å². The Kier molecular flexibility index (Phi) is 4.34. The summed E-state index contributed by atoms with van der Waals surface area (Å²) < 4.78 is 5.83. The summed E-state index contributed by atoms with van der Waals surface area (Å²) in [7, 11) is 0. The summed E-state index contributed by atoms with van der Waals surface area (Å²) in [5.41, 5.74) is 3.35. The van der Waals surface area contributed by atoms with Crippen molar-refractivity contribution in [2.24, 2.45) is 0 Å². The van der Waals surface area contributed by atoms with Gasteiger partial charge in [-0.3, -0.25) is 9.78 Å². The lowest BCUT2D eigenvalue weighted by molar-refractivity contribution is -0.0269. The van der Waals surface area contributed by atoms with Gasteiger partial charge < -0.3 is 9.64 Å². The van der Waals surface area contributed by atoms with Gasteiger partial charge in [0.05, 0.1) is 18.7 Å². The summed E-state index contributed by atoms with van der Waals surface area (Å²) >= 11 is 0. The summed E-state index contributed by atoms with van der Waals surface area (Å²) in [5.74, 6) is 0.635. The van der Waals surface area contributed by atoms with Crippen LogP contribution in [0.3, 0.4) is 0 Å². The summed E-state index contributed by atoms with van der Waals surface area (Å²) in [4.78, 5) is 28.0. The number of amides is 1. The van der Waals surface area contributed by atoms with Gasteiger partial charge in [-0.25, -0.2) is 9.97 Å². The molecule has 0 radical (unpaired) electrons. The molecule has 132 valence electrons. The fraction of sp³-hybridized carbons (Fsp3) is 0.300. The van der Waals surface area contributed by atoms with Crippen molar-refractivity contribution in [1.29, 1.82) is 0 Å². The molecule has 1 saturated heterocycles. The van der Waals surface area contributed by atoms with Gasteiger partial charge >= 0.3 is 0 Å².